The van der Waals surface area contributed by atoms with Crippen molar-refractivity contribution in [2.45, 2.75) is 0 Å². The van der Waals surface area contributed by atoms with E-state index in [1.807, 2.05) is 0 Å². The van der Waals surface area contributed by atoms with Gasteiger partial charge >= 0.3 is 0 Å². The molecule has 3 nitrogen and oxygen atoms in total. The fourth-order valence-electron chi connectivity index (χ4n) is 1.47. The van der Waals surface area contributed by atoms with Crippen LogP contribution in [0.25, 0.3) is 16.2 Å². The van der Waals surface area contributed by atoms with Crippen LogP contribution in [0.1, 0.15) is 0 Å². The number of rotatable bonds is 1. The molecule has 0 unspecified atom stereocenters. The van der Waals surface area contributed by atoms with Gasteiger partial charge in [0.05, 0.1) is 16.9 Å². The van der Waals surface area contributed by atoms with Gasteiger partial charge in [-0.2, -0.15) is 5.10 Å². The maximum absolute atomic E-state index is 12.9. The molecule has 6 heteroatoms. The van der Waals surface area contributed by atoms with Crippen molar-refractivity contribution in [1.82, 2.24) is 14.6 Å². The standard InChI is InChI=1S/C10H5ClFN3S/c11-8-3-6(12)1-2-7(8)9-4-15-10(14-9)16-5-13-15/h1-5H. The predicted molar refractivity (Wildman–Crippen MR) is 61.3 cm³/mol. The highest BCUT2D eigenvalue weighted by molar-refractivity contribution is 7.14. The summed E-state index contributed by atoms with van der Waals surface area (Å²) in [5, 5.41) is 4.42. The molecule has 2 aromatic heterocycles. The van der Waals surface area contributed by atoms with Crippen molar-refractivity contribution in [2.24, 2.45) is 0 Å². The molecule has 0 aliphatic carbocycles. The van der Waals surface area contributed by atoms with E-state index in [2.05, 4.69) is 10.1 Å². The third-order valence-corrected chi connectivity index (χ3v) is 3.19. The van der Waals surface area contributed by atoms with Crippen molar-refractivity contribution >= 4 is 27.9 Å². The molecule has 3 aromatic rings. The fraction of sp³-hybridized carbons (Fsp3) is 0. The first kappa shape index (κ1) is 9.74. The van der Waals surface area contributed by atoms with Crippen molar-refractivity contribution in [2.75, 3.05) is 0 Å². The lowest BCUT2D eigenvalue weighted by atomic mass is 10.2. The average molecular weight is 254 g/mol. The second-order valence-corrected chi connectivity index (χ2v) is 4.44. The maximum Gasteiger partial charge on any atom is 0.212 e. The molecule has 0 spiro atoms. The summed E-state index contributed by atoms with van der Waals surface area (Å²) < 4.78 is 14.6. The molecule has 0 bridgehead atoms. The van der Waals surface area contributed by atoms with Crippen LogP contribution >= 0.6 is 22.9 Å². The number of imidazole rings is 1. The summed E-state index contributed by atoms with van der Waals surface area (Å²) in [6, 6.07) is 4.25. The molecule has 0 radical (unpaired) electrons. The number of hydrogen-bond donors (Lipinski definition) is 0. The highest BCUT2D eigenvalue weighted by atomic mass is 35.5. The summed E-state index contributed by atoms with van der Waals surface area (Å²) >= 11 is 7.39. The Hall–Kier alpha value is -1.46. The third kappa shape index (κ3) is 1.48. The SMILES string of the molecule is Fc1ccc(-c2cn3ncsc3n2)c(Cl)c1. The second-order valence-electron chi connectivity index (χ2n) is 3.22. The molecule has 80 valence electrons. The van der Waals surface area contributed by atoms with Crippen LogP contribution in [0, 0.1) is 5.82 Å². The summed E-state index contributed by atoms with van der Waals surface area (Å²) in [4.78, 5) is 5.13. The summed E-state index contributed by atoms with van der Waals surface area (Å²) in [6.45, 7) is 0. The Labute approximate surface area is 99.1 Å². The molecule has 0 saturated heterocycles. The zero-order valence-corrected chi connectivity index (χ0v) is 9.46. The Morgan fingerprint density at radius 3 is 3.00 bits per heavy atom. The minimum Gasteiger partial charge on any atom is -0.217 e. The van der Waals surface area contributed by atoms with Crippen LogP contribution in [0.15, 0.2) is 29.9 Å². The molecule has 0 aliphatic heterocycles. The van der Waals surface area contributed by atoms with Gasteiger partial charge < -0.3 is 0 Å². The first-order valence-electron chi connectivity index (χ1n) is 4.48. The van der Waals surface area contributed by atoms with Gasteiger partial charge in [-0.15, -0.1) is 0 Å². The van der Waals surface area contributed by atoms with E-state index in [-0.39, 0.29) is 5.82 Å². The van der Waals surface area contributed by atoms with Crippen LogP contribution in [0.5, 0.6) is 0 Å². The monoisotopic (exact) mass is 253 g/mol. The molecule has 0 aliphatic rings. The summed E-state index contributed by atoms with van der Waals surface area (Å²) in [5.74, 6) is -0.354. The zero-order chi connectivity index (χ0) is 11.1. The molecule has 3 rings (SSSR count). The van der Waals surface area contributed by atoms with Crippen molar-refractivity contribution in [3.05, 3.63) is 40.7 Å². The Morgan fingerprint density at radius 2 is 2.25 bits per heavy atom. The Balaban J connectivity index is 2.19. The molecule has 0 amide bonds. The van der Waals surface area contributed by atoms with Crippen LogP contribution in [-0.4, -0.2) is 14.6 Å². The number of fused-ring (bicyclic) bond motifs is 1. The number of aromatic nitrogens is 3. The van der Waals surface area contributed by atoms with E-state index in [9.17, 15) is 4.39 Å². The lowest BCUT2D eigenvalue weighted by Crippen LogP contribution is -1.81. The molecular weight excluding hydrogens is 249 g/mol. The minimum atomic E-state index is -0.354. The van der Waals surface area contributed by atoms with Crippen LogP contribution in [0.3, 0.4) is 0 Å². The number of halogens is 2. The average Bonchev–Trinajstić information content (AvgIpc) is 2.76. The lowest BCUT2D eigenvalue weighted by molar-refractivity contribution is 0.628. The van der Waals surface area contributed by atoms with E-state index < -0.39 is 0 Å². The van der Waals surface area contributed by atoms with E-state index >= 15 is 0 Å². The Morgan fingerprint density at radius 1 is 1.38 bits per heavy atom. The Kier molecular flexibility index (Phi) is 2.15. The van der Waals surface area contributed by atoms with Crippen molar-refractivity contribution in [3.8, 4) is 11.3 Å². The molecule has 1 aromatic carbocycles. The van der Waals surface area contributed by atoms with Gasteiger partial charge in [-0.25, -0.2) is 13.9 Å². The minimum absolute atomic E-state index is 0.353. The Bertz CT molecular complexity index is 632. The van der Waals surface area contributed by atoms with E-state index in [1.165, 1.54) is 23.5 Å². The van der Waals surface area contributed by atoms with Gasteiger partial charge in [0.15, 0.2) is 0 Å². The van der Waals surface area contributed by atoms with Crippen molar-refractivity contribution < 1.29 is 4.39 Å². The predicted octanol–water partition coefficient (Wildman–Crippen LogP) is 3.25. The molecule has 0 N–H and O–H groups in total. The van der Waals surface area contributed by atoms with Gasteiger partial charge in [0.25, 0.3) is 0 Å². The van der Waals surface area contributed by atoms with E-state index in [4.69, 9.17) is 11.6 Å². The van der Waals surface area contributed by atoms with Crippen LogP contribution in [0.2, 0.25) is 5.02 Å². The first-order chi connectivity index (χ1) is 7.74. The number of hydrogen-bond acceptors (Lipinski definition) is 3. The van der Waals surface area contributed by atoms with Crippen molar-refractivity contribution in [3.63, 3.8) is 0 Å². The third-order valence-electron chi connectivity index (χ3n) is 2.19. The first-order valence-corrected chi connectivity index (χ1v) is 5.74. The lowest BCUT2D eigenvalue weighted by Gasteiger charge is -1.99. The topological polar surface area (TPSA) is 30.2 Å². The van der Waals surface area contributed by atoms with Gasteiger partial charge in [-0.05, 0) is 18.2 Å². The van der Waals surface area contributed by atoms with Gasteiger partial charge in [-0.1, -0.05) is 22.9 Å². The van der Waals surface area contributed by atoms with E-state index in [0.29, 0.717) is 16.3 Å². The van der Waals surface area contributed by atoms with Gasteiger partial charge in [0, 0.05) is 5.56 Å². The molecule has 2 heterocycles. The molecular formula is C10H5ClFN3S. The highest BCUT2D eigenvalue weighted by Crippen LogP contribution is 2.28. The molecule has 0 fully saturated rings. The van der Waals surface area contributed by atoms with Crippen LogP contribution in [-0.2, 0) is 0 Å². The summed E-state index contributed by atoms with van der Waals surface area (Å²) in [7, 11) is 0. The van der Waals surface area contributed by atoms with Gasteiger partial charge in [0.2, 0.25) is 4.96 Å². The second kappa shape index (κ2) is 3.54. The summed E-state index contributed by atoms with van der Waals surface area (Å²) in [6.07, 6.45) is 1.77. The number of benzene rings is 1. The van der Waals surface area contributed by atoms with Gasteiger partial charge in [0.1, 0.15) is 11.3 Å². The van der Waals surface area contributed by atoms with Crippen LogP contribution in [0.4, 0.5) is 4.39 Å². The largest absolute Gasteiger partial charge is 0.217 e. The molecule has 0 saturated carbocycles. The normalized spacial score (nSPS) is 11.1. The van der Waals surface area contributed by atoms with E-state index in [0.717, 1.165) is 4.96 Å². The fourth-order valence-corrected chi connectivity index (χ4v) is 2.33. The zero-order valence-electron chi connectivity index (χ0n) is 7.89. The smallest absolute Gasteiger partial charge is 0.212 e. The molecule has 0 atom stereocenters. The van der Waals surface area contributed by atoms with Crippen LogP contribution < -0.4 is 0 Å². The quantitative estimate of drug-likeness (QED) is 0.666. The van der Waals surface area contributed by atoms with E-state index in [1.54, 1.807) is 22.3 Å². The molecule has 16 heavy (non-hydrogen) atoms. The highest BCUT2D eigenvalue weighted by Gasteiger charge is 2.09. The maximum atomic E-state index is 12.9. The van der Waals surface area contributed by atoms with Gasteiger partial charge in [-0.3, -0.25) is 0 Å². The van der Waals surface area contributed by atoms with Crippen molar-refractivity contribution in [1.29, 1.82) is 0 Å². The number of nitrogens with zero attached hydrogens (tertiary/aromatic N) is 3. The summed E-state index contributed by atoms with van der Waals surface area (Å²) in [5.41, 5.74) is 3.11.